The molecular formula is C8H18N2. The van der Waals surface area contributed by atoms with E-state index in [-0.39, 0.29) is 6.17 Å². The summed E-state index contributed by atoms with van der Waals surface area (Å²) in [5.41, 5.74) is 5.74. The fourth-order valence-corrected chi connectivity index (χ4v) is 1.51. The van der Waals surface area contributed by atoms with Gasteiger partial charge in [0.05, 0.1) is 6.17 Å². The third kappa shape index (κ3) is 2.27. The largest absolute Gasteiger partial charge is 0.316 e. The van der Waals surface area contributed by atoms with Crippen LogP contribution in [-0.4, -0.2) is 12.2 Å². The molecule has 1 rings (SSSR count). The Morgan fingerprint density at radius 3 is 2.60 bits per heavy atom. The van der Waals surface area contributed by atoms with Gasteiger partial charge in [0.25, 0.3) is 0 Å². The first-order valence-electron chi connectivity index (χ1n) is 4.34. The van der Waals surface area contributed by atoms with Gasteiger partial charge < -0.3 is 5.73 Å². The van der Waals surface area contributed by atoms with Crippen molar-refractivity contribution in [3.05, 3.63) is 0 Å². The Labute approximate surface area is 63.2 Å². The van der Waals surface area contributed by atoms with Crippen molar-refractivity contribution in [3.8, 4) is 0 Å². The quantitative estimate of drug-likeness (QED) is 0.581. The second-order valence-electron chi connectivity index (χ2n) is 3.16. The van der Waals surface area contributed by atoms with Crippen LogP contribution in [0.5, 0.6) is 0 Å². The summed E-state index contributed by atoms with van der Waals surface area (Å²) in [5, 5.41) is 3.41. The highest BCUT2D eigenvalue weighted by atomic mass is 15.0. The smallest absolute Gasteiger partial charge is 0.0545 e. The van der Waals surface area contributed by atoms with Crippen molar-refractivity contribution in [2.24, 2.45) is 5.73 Å². The van der Waals surface area contributed by atoms with Gasteiger partial charge >= 0.3 is 0 Å². The highest BCUT2D eigenvalue weighted by Gasteiger charge is 2.15. The van der Waals surface area contributed by atoms with Gasteiger partial charge in [-0.1, -0.05) is 19.8 Å². The van der Waals surface area contributed by atoms with Crippen molar-refractivity contribution < 1.29 is 0 Å². The standard InChI is InChI=1S/C8H18N2/c1-2-8(9)10-7-5-3-4-6-7/h7-8,10H,2-6,9H2,1H3. The third-order valence-electron chi connectivity index (χ3n) is 2.24. The van der Waals surface area contributed by atoms with E-state index in [1.807, 2.05) is 0 Å². The zero-order valence-corrected chi connectivity index (χ0v) is 6.77. The number of hydrogen-bond donors (Lipinski definition) is 2. The van der Waals surface area contributed by atoms with E-state index in [1.54, 1.807) is 0 Å². The van der Waals surface area contributed by atoms with E-state index in [0.29, 0.717) is 0 Å². The maximum absolute atomic E-state index is 5.74. The van der Waals surface area contributed by atoms with Gasteiger partial charge in [-0.3, -0.25) is 5.32 Å². The molecule has 1 unspecified atom stereocenters. The molecule has 1 fully saturated rings. The number of nitrogens with one attached hydrogen (secondary N) is 1. The number of nitrogens with two attached hydrogens (primary N) is 1. The first-order valence-corrected chi connectivity index (χ1v) is 4.34. The average Bonchev–Trinajstić information content (AvgIpc) is 2.40. The molecule has 0 spiro atoms. The van der Waals surface area contributed by atoms with Crippen LogP contribution >= 0.6 is 0 Å². The second kappa shape index (κ2) is 3.94. The van der Waals surface area contributed by atoms with Gasteiger partial charge in [-0.25, -0.2) is 0 Å². The lowest BCUT2D eigenvalue weighted by Crippen LogP contribution is -2.42. The third-order valence-corrected chi connectivity index (χ3v) is 2.24. The maximum atomic E-state index is 5.74. The summed E-state index contributed by atoms with van der Waals surface area (Å²) < 4.78 is 0. The first kappa shape index (κ1) is 8.02. The molecule has 0 amide bonds. The summed E-state index contributed by atoms with van der Waals surface area (Å²) >= 11 is 0. The first-order chi connectivity index (χ1) is 4.83. The molecule has 0 saturated heterocycles. The van der Waals surface area contributed by atoms with Crippen LogP contribution in [-0.2, 0) is 0 Å². The van der Waals surface area contributed by atoms with Crippen molar-refractivity contribution in [2.45, 2.75) is 51.2 Å². The van der Waals surface area contributed by atoms with Gasteiger partial charge in [-0.05, 0) is 19.3 Å². The lowest BCUT2D eigenvalue weighted by atomic mass is 10.2. The minimum Gasteiger partial charge on any atom is -0.316 e. The van der Waals surface area contributed by atoms with Gasteiger partial charge in [0.1, 0.15) is 0 Å². The summed E-state index contributed by atoms with van der Waals surface area (Å²) in [4.78, 5) is 0. The molecule has 0 aromatic heterocycles. The van der Waals surface area contributed by atoms with Gasteiger partial charge in [-0.15, -0.1) is 0 Å². The molecule has 10 heavy (non-hydrogen) atoms. The Kier molecular flexibility index (Phi) is 3.16. The molecular weight excluding hydrogens is 124 g/mol. The monoisotopic (exact) mass is 142 g/mol. The maximum Gasteiger partial charge on any atom is 0.0545 e. The highest BCUT2D eigenvalue weighted by Crippen LogP contribution is 2.17. The summed E-state index contributed by atoms with van der Waals surface area (Å²) in [6, 6.07) is 0.718. The highest BCUT2D eigenvalue weighted by molar-refractivity contribution is 4.75. The minimum atomic E-state index is 0.225. The normalized spacial score (nSPS) is 23.4. The molecule has 0 aromatic rings. The lowest BCUT2D eigenvalue weighted by molar-refractivity contribution is 0.429. The molecule has 1 aliphatic rings. The molecule has 2 nitrogen and oxygen atoms in total. The molecule has 1 aliphatic carbocycles. The predicted octanol–water partition coefficient (Wildman–Crippen LogP) is 1.21. The Morgan fingerprint density at radius 2 is 2.10 bits per heavy atom. The van der Waals surface area contributed by atoms with E-state index >= 15 is 0 Å². The molecule has 1 saturated carbocycles. The number of hydrogen-bond acceptors (Lipinski definition) is 2. The van der Waals surface area contributed by atoms with Crippen molar-refractivity contribution in [1.82, 2.24) is 5.32 Å². The van der Waals surface area contributed by atoms with E-state index in [4.69, 9.17) is 5.73 Å². The van der Waals surface area contributed by atoms with Crippen LogP contribution in [0.1, 0.15) is 39.0 Å². The van der Waals surface area contributed by atoms with Crippen molar-refractivity contribution in [1.29, 1.82) is 0 Å². The van der Waals surface area contributed by atoms with Crippen LogP contribution in [0, 0.1) is 0 Å². The van der Waals surface area contributed by atoms with E-state index in [2.05, 4.69) is 12.2 Å². The van der Waals surface area contributed by atoms with Crippen LogP contribution in [0.4, 0.5) is 0 Å². The molecule has 0 heterocycles. The Morgan fingerprint density at radius 1 is 1.50 bits per heavy atom. The van der Waals surface area contributed by atoms with Crippen molar-refractivity contribution in [2.75, 3.05) is 0 Å². The van der Waals surface area contributed by atoms with Crippen molar-refractivity contribution >= 4 is 0 Å². The lowest BCUT2D eigenvalue weighted by Gasteiger charge is -2.16. The van der Waals surface area contributed by atoms with Gasteiger partial charge in [0, 0.05) is 6.04 Å². The molecule has 60 valence electrons. The van der Waals surface area contributed by atoms with Crippen LogP contribution in [0.3, 0.4) is 0 Å². The van der Waals surface area contributed by atoms with E-state index in [1.165, 1.54) is 25.7 Å². The van der Waals surface area contributed by atoms with E-state index in [0.717, 1.165) is 12.5 Å². The van der Waals surface area contributed by atoms with Gasteiger partial charge in [0.2, 0.25) is 0 Å². The van der Waals surface area contributed by atoms with Crippen LogP contribution in [0.2, 0.25) is 0 Å². The van der Waals surface area contributed by atoms with Gasteiger partial charge in [-0.2, -0.15) is 0 Å². The molecule has 0 radical (unpaired) electrons. The van der Waals surface area contributed by atoms with E-state index < -0.39 is 0 Å². The van der Waals surface area contributed by atoms with Crippen LogP contribution in [0.25, 0.3) is 0 Å². The molecule has 0 aliphatic heterocycles. The second-order valence-corrected chi connectivity index (χ2v) is 3.16. The van der Waals surface area contributed by atoms with Crippen molar-refractivity contribution in [3.63, 3.8) is 0 Å². The molecule has 3 N–H and O–H groups in total. The van der Waals surface area contributed by atoms with Crippen LogP contribution in [0.15, 0.2) is 0 Å². The summed E-state index contributed by atoms with van der Waals surface area (Å²) in [6.45, 7) is 2.12. The fraction of sp³-hybridized carbons (Fsp3) is 1.00. The number of rotatable bonds is 3. The topological polar surface area (TPSA) is 38.0 Å². The summed E-state index contributed by atoms with van der Waals surface area (Å²) in [7, 11) is 0. The SMILES string of the molecule is CCC(N)NC1CCCC1. The average molecular weight is 142 g/mol. The zero-order valence-electron chi connectivity index (χ0n) is 6.77. The molecule has 0 aromatic carbocycles. The Balaban J connectivity index is 2.11. The summed E-state index contributed by atoms with van der Waals surface area (Å²) in [6.07, 6.45) is 6.68. The molecule has 0 bridgehead atoms. The summed E-state index contributed by atoms with van der Waals surface area (Å²) in [5.74, 6) is 0. The molecule has 2 heteroatoms. The Hall–Kier alpha value is -0.0800. The van der Waals surface area contributed by atoms with Crippen LogP contribution < -0.4 is 11.1 Å². The zero-order chi connectivity index (χ0) is 7.40. The molecule has 1 atom stereocenters. The van der Waals surface area contributed by atoms with E-state index in [9.17, 15) is 0 Å². The minimum absolute atomic E-state index is 0.225. The van der Waals surface area contributed by atoms with Gasteiger partial charge in [0.15, 0.2) is 0 Å². The fourth-order valence-electron chi connectivity index (χ4n) is 1.51. The Bertz CT molecular complexity index is 87.3. The predicted molar refractivity (Wildman–Crippen MR) is 43.7 cm³/mol.